The van der Waals surface area contributed by atoms with E-state index in [1.54, 1.807) is 42.6 Å². The van der Waals surface area contributed by atoms with E-state index in [4.69, 9.17) is 39.9 Å². The Bertz CT molecular complexity index is 2830. The fourth-order valence-corrected chi connectivity index (χ4v) is 11.1. The number of benzene rings is 2. The highest BCUT2D eigenvalue weighted by molar-refractivity contribution is 6.37. The van der Waals surface area contributed by atoms with Crippen molar-refractivity contribution in [1.29, 1.82) is 0 Å². The Hall–Kier alpha value is -5.28. The van der Waals surface area contributed by atoms with Gasteiger partial charge in [-0.15, -0.1) is 0 Å². The SMILES string of the molecule is Cc1nn(C2CCN(CC3CCC4(CC3)CCN(C(=O)c3ccc(Cl)c(N5CCC(=O)NC5=O)c3)CC4)CC2)cc1-c1cc2c(ncc3c(=O)n(-c4c(Cl)cccc4Cl)cnc32)[nH]1. The van der Waals surface area contributed by atoms with Gasteiger partial charge in [-0.3, -0.25) is 33.8 Å². The van der Waals surface area contributed by atoms with E-state index in [0.29, 0.717) is 60.5 Å². The summed E-state index contributed by atoms with van der Waals surface area (Å²) in [4.78, 5) is 70.1. The van der Waals surface area contributed by atoms with Crippen LogP contribution in [0, 0.1) is 18.3 Å². The van der Waals surface area contributed by atoms with E-state index in [2.05, 4.69) is 36.0 Å². The Morgan fingerprint density at radius 3 is 2.33 bits per heavy atom. The minimum absolute atomic E-state index is 0.0493. The van der Waals surface area contributed by atoms with Gasteiger partial charge in [0.25, 0.3) is 11.5 Å². The van der Waals surface area contributed by atoms with E-state index in [9.17, 15) is 19.2 Å². The van der Waals surface area contributed by atoms with E-state index in [0.717, 1.165) is 80.7 Å². The molecule has 0 radical (unpaired) electrons. The molecule has 326 valence electrons. The molecule has 0 atom stereocenters. The minimum atomic E-state index is -0.523. The van der Waals surface area contributed by atoms with Gasteiger partial charge in [-0.25, -0.2) is 14.8 Å². The quantitative estimate of drug-likeness (QED) is 0.162. The van der Waals surface area contributed by atoms with Crippen LogP contribution in [0.5, 0.6) is 0 Å². The number of aromatic amines is 1. The molecule has 3 aliphatic heterocycles. The summed E-state index contributed by atoms with van der Waals surface area (Å²) in [5, 5.41) is 9.50. The number of pyridine rings is 1. The number of nitrogens with one attached hydrogen (secondary N) is 2. The number of imide groups is 1. The first-order valence-electron chi connectivity index (χ1n) is 21.8. The molecule has 4 amide bonds. The predicted octanol–water partition coefficient (Wildman–Crippen LogP) is 8.59. The van der Waals surface area contributed by atoms with Gasteiger partial charge in [0.2, 0.25) is 5.91 Å². The first-order valence-corrected chi connectivity index (χ1v) is 22.9. The van der Waals surface area contributed by atoms with Gasteiger partial charge in [0.1, 0.15) is 12.0 Å². The number of hydrogen-bond acceptors (Lipinski definition) is 8. The van der Waals surface area contributed by atoms with E-state index in [1.165, 1.54) is 41.5 Å². The molecule has 2 N–H and O–H groups in total. The molecular weight excluding hydrogens is 863 g/mol. The Labute approximate surface area is 378 Å². The van der Waals surface area contributed by atoms with Crippen molar-refractivity contribution in [3.8, 4) is 16.9 Å². The molecule has 1 aliphatic carbocycles. The first-order chi connectivity index (χ1) is 30.4. The van der Waals surface area contributed by atoms with Gasteiger partial charge in [-0.05, 0) is 106 Å². The van der Waals surface area contributed by atoms with Crippen molar-refractivity contribution in [1.82, 2.24) is 44.4 Å². The first kappa shape index (κ1) is 41.7. The van der Waals surface area contributed by atoms with Gasteiger partial charge in [0.05, 0.1) is 54.8 Å². The van der Waals surface area contributed by atoms with Crippen molar-refractivity contribution in [2.24, 2.45) is 11.3 Å². The molecule has 4 aromatic heterocycles. The summed E-state index contributed by atoms with van der Waals surface area (Å²) in [5.74, 6) is 0.313. The Balaban J connectivity index is 0.724. The highest BCUT2D eigenvalue weighted by atomic mass is 35.5. The van der Waals surface area contributed by atoms with Crippen LogP contribution in [0.25, 0.3) is 38.9 Å². The number of H-pyrrole nitrogens is 1. The average molecular weight is 910 g/mol. The molecule has 4 fully saturated rings. The normalized spacial score (nSPS) is 19.1. The largest absolute Gasteiger partial charge is 0.339 e. The standard InChI is InChI=1S/C46H47Cl3N10O4/c1-27-33(37-22-31-40-32(23-50-42(31)52-37)44(62)58(26-51-40)41-35(48)3-2-4-36(41)49)25-59(54-27)30-9-16-55(17-10-30)24-28-7-12-46(13-8-28)14-19-56(20-15-46)43(61)29-5-6-34(47)38(21-29)57-18-11-39(60)53-45(57)63/h2-6,21-23,25-26,28,30H,7-20,24H2,1H3,(H,50,52)(H,53,60,63). The van der Waals surface area contributed by atoms with Crippen molar-refractivity contribution in [2.75, 3.05) is 44.2 Å². The number of aryl methyl sites for hydroxylation is 1. The van der Waals surface area contributed by atoms with Crippen molar-refractivity contribution < 1.29 is 14.4 Å². The number of fused-ring (bicyclic) bond motifs is 3. The molecule has 2 aromatic carbocycles. The zero-order chi connectivity index (χ0) is 43.6. The summed E-state index contributed by atoms with van der Waals surface area (Å²) in [7, 11) is 0. The second-order valence-corrected chi connectivity index (χ2v) is 19.0. The van der Waals surface area contributed by atoms with E-state index < -0.39 is 6.03 Å². The van der Waals surface area contributed by atoms with Crippen LogP contribution in [-0.2, 0) is 4.79 Å². The van der Waals surface area contributed by atoms with Gasteiger partial charge < -0.3 is 14.8 Å². The predicted molar refractivity (Wildman–Crippen MR) is 244 cm³/mol. The molecule has 17 heteroatoms. The van der Waals surface area contributed by atoms with Crippen LogP contribution in [0.3, 0.4) is 0 Å². The molecule has 4 aliphatic rings. The molecule has 3 saturated heterocycles. The molecule has 1 spiro atoms. The van der Waals surface area contributed by atoms with Gasteiger partial charge in [-0.1, -0.05) is 40.9 Å². The van der Waals surface area contributed by atoms with Gasteiger partial charge in [-0.2, -0.15) is 5.10 Å². The maximum atomic E-state index is 13.6. The Morgan fingerprint density at radius 2 is 1.60 bits per heavy atom. The third-order valence-corrected chi connectivity index (χ3v) is 15.0. The van der Waals surface area contributed by atoms with Gasteiger partial charge in [0.15, 0.2) is 0 Å². The molecular formula is C46H47Cl3N10O4. The van der Waals surface area contributed by atoms with E-state index in [1.807, 2.05) is 17.9 Å². The van der Waals surface area contributed by atoms with Crippen LogP contribution in [0.1, 0.15) is 79.9 Å². The summed E-state index contributed by atoms with van der Waals surface area (Å²) in [5.41, 5.74) is 5.30. The highest BCUT2D eigenvalue weighted by Gasteiger charge is 2.40. The third kappa shape index (κ3) is 7.89. The lowest BCUT2D eigenvalue weighted by Gasteiger charge is -2.47. The van der Waals surface area contributed by atoms with Crippen LogP contribution >= 0.6 is 34.8 Å². The van der Waals surface area contributed by atoms with Crippen LogP contribution < -0.4 is 15.8 Å². The molecule has 14 nitrogen and oxygen atoms in total. The number of amides is 4. The Kier molecular flexibility index (Phi) is 11.1. The second-order valence-electron chi connectivity index (χ2n) is 17.8. The topological polar surface area (TPSA) is 154 Å². The number of piperidine rings is 2. The van der Waals surface area contributed by atoms with Crippen molar-refractivity contribution in [2.45, 2.75) is 70.8 Å². The summed E-state index contributed by atoms with van der Waals surface area (Å²) >= 11 is 19.3. The van der Waals surface area contributed by atoms with E-state index in [-0.39, 0.29) is 35.8 Å². The van der Waals surface area contributed by atoms with Gasteiger partial charge >= 0.3 is 6.03 Å². The third-order valence-electron chi connectivity index (χ3n) is 14.0. The summed E-state index contributed by atoms with van der Waals surface area (Å²) < 4.78 is 3.50. The Morgan fingerprint density at radius 1 is 0.857 bits per heavy atom. The lowest BCUT2D eigenvalue weighted by Crippen LogP contribution is -2.49. The lowest BCUT2D eigenvalue weighted by molar-refractivity contribution is -0.120. The monoisotopic (exact) mass is 908 g/mol. The molecule has 1 saturated carbocycles. The number of hydrogen-bond donors (Lipinski definition) is 2. The maximum absolute atomic E-state index is 13.6. The van der Waals surface area contributed by atoms with Crippen molar-refractivity contribution in [3.05, 3.63) is 97.9 Å². The smallest absolute Gasteiger partial charge is 0.328 e. The van der Waals surface area contributed by atoms with Crippen molar-refractivity contribution >= 4 is 80.3 Å². The number of halogens is 3. The summed E-state index contributed by atoms with van der Waals surface area (Å²) in [6.45, 7) is 6.89. The van der Waals surface area contributed by atoms with Crippen LogP contribution in [0.15, 0.2) is 66.0 Å². The molecule has 63 heavy (non-hydrogen) atoms. The number of likely N-dealkylation sites (tertiary alicyclic amines) is 2. The number of aromatic nitrogens is 6. The molecule has 7 heterocycles. The van der Waals surface area contributed by atoms with E-state index >= 15 is 0 Å². The zero-order valence-electron chi connectivity index (χ0n) is 34.9. The highest BCUT2D eigenvalue weighted by Crippen LogP contribution is 2.47. The van der Waals surface area contributed by atoms with Gasteiger partial charge in [0, 0.05) is 74.6 Å². The number of carbonyl (C=O) groups is 3. The molecule has 6 aromatic rings. The fourth-order valence-electron chi connectivity index (χ4n) is 10.3. The molecule has 0 unspecified atom stereocenters. The maximum Gasteiger partial charge on any atom is 0.328 e. The number of rotatable bonds is 7. The molecule has 0 bridgehead atoms. The molecule has 10 rings (SSSR count). The van der Waals surface area contributed by atoms with Crippen molar-refractivity contribution in [3.63, 3.8) is 0 Å². The average Bonchev–Trinajstić information content (AvgIpc) is 3.90. The lowest BCUT2D eigenvalue weighted by atomic mass is 9.65. The van der Waals surface area contributed by atoms with Crippen LogP contribution in [0.4, 0.5) is 10.5 Å². The number of urea groups is 1. The number of anilines is 1. The minimum Gasteiger partial charge on any atom is -0.339 e. The van der Waals surface area contributed by atoms with Crippen LogP contribution in [-0.4, -0.2) is 96.2 Å². The second kappa shape index (κ2) is 16.7. The van der Waals surface area contributed by atoms with Crippen LogP contribution in [0.2, 0.25) is 15.1 Å². The summed E-state index contributed by atoms with van der Waals surface area (Å²) in [6.07, 6.45) is 14.2. The number of nitrogens with zero attached hydrogens (tertiary/aromatic N) is 8. The summed E-state index contributed by atoms with van der Waals surface area (Å²) in [6, 6.07) is 11.9. The number of para-hydroxylation sites is 1. The zero-order valence-corrected chi connectivity index (χ0v) is 37.1. The number of carbonyl (C=O) groups excluding carboxylic acids is 3. The fraction of sp³-hybridized carbons (Fsp3) is 0.413.